The first-order valence-electron chi connectivity index (χ1n) is 18.7. The maximum Gasteiger partial charge on any atom is -0.00928 e. The fourth-order valence-electron chi connectivity index (χ4n) is 8.79. The summed E-state index contributed by atoms with van der Waals surface area (Å²) in [5, 5.41) is 15.6. The van der Waals surface area contributed by atoms with E-state index in [4.69, 9.17) is 0 Å². The summed E-state index contributed by atoms with van der Waals surface area (Å²) in [4.78, 5) is 0. The zero-order chi connectivity index (χ0) is 35.6. The number of benzene rings is 11. The van der Waals surface area contributed by atoms with Gasteiger partial charge in [-0.15, -0.1) is 0 Å². The summed E-state index contributed by atoms with van der Waals surface area (Å²) >= 11 is 0. The molecule has 250 valence electrons. The number of hydrogen-bond donors (Lipinski definition) is 0. The van der Waals surface area contributed by atoms with Crippen molar-refractivity contribution in [3.05, 3.63) is 206 Å². The van der Waals surface area contributed by atoms with E-state index >= 15 is 0 Å². The van der Waals surface area contributed by atoms with Crippen LogP contribution >= 0.6 is 0 Å². The van der Waals surface area contributed by atoms with Gasteiger partial charge in [0.2, 0.25) is 0 Å². The molecule has 0 saturated heterocycles. The van der Waals surface area contributed by atoms with E-state index in [0.717, 1.165) is 0 Å². The molecular weight excluding hydrogens is 649 g/mol. The van der Waals surface area contributed by atoms with Crippen molar-refractivity contribution in [3.8, 4) is 44.5 Å². The molecule has 0 saturated carbocycles. The topological polar surface area (TPSA) is 0 Å². The highest BCUT2D eigenvalue weighted by atomic mass is 14.2. The van der Waals surface area contributed by atoms with Crippen molar-refractivity contribution in [3.63, 3.8) is 0 Å². The molecule has 0 amide bonds. The van der Waals surface area contributed by atoms with Crippen LogP contribution in [-0.4, -0.2) is 0 Å². The summed E-state index contributed by atoms with van der Waals surface area (Å²) in [5.41, 5.74) is 9.70. The summed E-state index contributed by atoms with van der Waals surface area (Å²) in [5.74, 6) is 0. The average Bonchev–Trinajstić information content (AvgIpc) is 3.26. The quantitative estimate of drug-likeness (QED) is 0.162. The predicted molar refractivity (Wildman–Crippen MR) is 233 cm³/mol. The minimum Gasteiger partial charge on any atom is -0.0622 e. The van der Waals surface area contributed by atoms with Gasteiger partial charge in [-0.05, 0) is 139 Å². The summed E-state index contributed by atoms with van der Waals surface area (Å²) in [6.07, 6.45) is 0. The van der Waals surface area contributed by atoms with E-state index in [0.29, 0.717) is 0 Å². The molecule has 0 aliphatic rings. The van der Waals surface area contributed by atoms with Crippen molar-refractivity contribution in [1.82, 2.24) is 0 Å². The molecule has 0 heterocycles. The normalized spacial score (nSPS) is 11.7. The molecule has 0 bridgehead atoms. The van der Waals surface area contributed by atoms with Crippen molar-refractivity contribution < 1.29 is 0 Å². The Hall–Kier alpha value is -7.02. The Kier molecular flexibility index (Phi) is 6.97. The second kappa shape index (κ2) is 12.3. The van der Waals surface area contributed by atoms with Gasteiger partial charge in [-0.2, -0.15) is 0 Å². The molecule has 0 atom stereocenters. The van der Waals surface area contributed by atoms with E-state index in [-0.39, 0.29) is 0 Å². The highest BCUT2D eigenvalue weighted by Crippen LogP contribution is 2.40. The van der Waals surface area contributed by atoms with E-state index in [1.54, 1.807) is 0 Å². The SMILES string of the molecule is c1ccc(-c2cc(-c3ccc(-c4ccc5c6ccccc6c6ccccc6c5c4)cc3)cc(-c3ccc4c5ccccc5c5ccccc5c4c3)c2)cc1. The van der Waals surface area contributed by atoms with Gasteiger partial charge < -0.3 is 0 Å². The van der Waals surface area contributed by atoms with Gasteiger partial charge >= 0.3 is 0 Å². The molecule has 0 unspecified atom stereocenters. The molecule has 11 aromatic rings. The summed E-state index contributed by atoms with van der Waals surface area (Å²) < 4.78 is 0. The summed E-state index contributed by atoms with van der Waals surface area (Å²) in [7, 11) is 0. The monoisotopic (exact) mass is 682 g/mol. The molecule has 0 spiro atoms. The highest BCUT2D eigenvalue weighted by Gasteiger charge is 2.13. The molecule has 0 heteroatoms. The second-order valence-electron chi connectivity index (χ2n) is 14.4. The lowest BCUT2D eigenvalue weighted by molar-refractivity contribution is 1.57. The van der Waals surface area contributed by atoms with E-state index < -0.39 is 0 Å². The fourth-order valence-corrected chi connectivity index (χ4v) is 8.79. The van der Waals surface area contributed by atoms with Gasteiger partial charge in [-0.3, -0.25) is 0 Å². The molecule has 11 rings (SSSR count). The number of hydrogen-bond acceptors (Lipinski definition) is 0. The zero-order valence-corrected chi connectivity index (χ0v) is 29.6. The molecule has 11 aromatic carbocycles. The minimum atomic E-state index is 1.20. The van der Waals surface area contributed by atoms with Crippen LogP contribution in [0.1, 0.15) is 0 Å². The Morgan fingerprint density at radius 2 is 0.370 bits per heavy atom. The van der Waals surface area contributed by atoms with Gasteiger partial charge in [-0.1, -0.05) is 176 Å². The van der Waals surface area contributed by atoms with Crippen molar-refractivity contribution in [2.45, 2.75) is 0 Å². The third kappa shape index (κ3) is 4.92. The lowest BCUT2D eigenvalue weighted by atomic mass is 9.89. The van der Waals surface area contributed by atoms with Crippen LogP contribution in [0.4, 0.5) is 0 Å². The van der Waals surface area contributed by atoms with Gasteiger partial charge in [0, 0.05) is 0 Å². The predicted octanol–water partition coefficient (Wildman–Crippen LogP) is 15.3. The third-order valence-electron chi connectivity index (χ3n) is 11.4. The van der Waals surface area contributed by atoms with Crippen molar-refractivity contribution in [2.24, 2.45) is 0 Å². The molecule has 0 radical (unpaired) electrons. The fraction of sp³-hybridized carbons (Fsp3) is 0. The van der Waals surface area contributed by atoms with Gasteiger partial charge in [0.25, 0.3) is 0 Å². The lowest BCUT2D eigenvalue weighted by Crippen LogP contribution is -1.88. The first kappa shape index (κ1) is 30.6. The number of rotatable bonds is 4. The van der Waals surface area contributed by atoms with Gasteiger partial charge in [0.1, 0.15) is 0 Å². The first-order chi connectivity index (χ1) is 26.8. The van der Waals surface area contributed by atoms with Crippen LogP contribution in [0.25, 0.3) is 109 Å². The second-order valence-corrected chi connectivity index (χ2v) is 14.4. The average molecular weight is 683 g/mol. The van der Waals surface area contributed by atoms with E-state index in [2.05, 4.69) is 206 Å². The van der Waals surface area contributed by atoms with Crippen LogP contribution in [0, 0.1) is 0 Å². The Morgan fingerprint density at radius 1 is 0.130 bits per heavy atom. The maximum absolute atomic E-state index is 2.40. The van der Waals surface area contributed by atoms with Crippen LogP contribution in [0.15, 0.2) is 206 Å². The first-order valence-corrected chi connectivity index (χ1v) is 18.7. The molecule has 0 fully saturated rings. The number of fused-ring (bicyclic) bond motifs is 12. The van der Waals surface area contributed by atoms with E-state index in [9.17, 15) is 0 Å². The minimum absolute atomic E-state index is 1.20. The molecule has 0 N–H and O–H groups in total. The molecule has 0 aromatic heterocycles. The van der Waals surface area contributed by atoms with Crippen LogP contribution in [0.2, 0.25) is 0 Å². The van der Waals surface area contributed by atoms with Crippen molar-refractivity contribution >= 4 is 64.6 Å². The molecule has 0 aliphatic heterocycles. The molecule has 0 nitrogen and oxygen atoms in total. The Labute approximate surface area is 314 Å². The zero-order valence-electron chi connectivity index (χ0n) is 29.6. The van der Waals surface area contributed by atoms with Crippen LogP contribution < -0.4 is 0 Å². The smallest absolute Gasteiger partial charge is 0.00928 e. The third-order valence-corrected chi connectivity index (χ3v) is 11.4. The van der Waals surface area contributed by atoms with Gasteiger partial charge in [0.05, 0.1) is 0 Å². The molecular formula is C54H34. The van der Waals surface area contributed by atoms with Crippen LogP contribution in [0.5, 0.6) is 0 Å². The van der Waals surface area contributed by atoms with E-state index in [1.165, 1.54) is 109 Å². The van der Waals surface area contributed by atoms with E-state index in [1.807, 2.05) is 0 Å². The highest BCUT2D eigenvalue weighted by molar-refractivity contribution is 6.27. The van der Waals surface area contributed by atoms with Gasteiger partial charge in [0.15, 0.2) is 0 Å². The van der Waals surface area contributed by atoms with Crippen molar-refractivity contribution in [2.75, 3.05) is 0 Å². The lowest BCUT2D eigenvalue weighted by Gasteiger charge is -2.15. The Bertz CT molecular complexity index is 3170. The Morgan fingerprint density at radius 3 is 0.759 bits per heavy atom. The molecule has 54 heavy (non-hydrogen) atoms. The van der Waals surface area contributed by atoms with Gasteiger partial charge in [-0.25, -0.2) is 0 Å². The summed E-state index contributed by atoms with van der Waals surface area (Å²) in [6, 6.07) is 76.1. The standard InChI is InChI=1S/C54H34/c1-2-12-35(13-3-1)40-30-41(32-42(31-40)39-27-29-52-48-19-7-5-15-44(48)46-17-9-11-21-50(46)54(52)34-39)37-24-22-36(23-25-37)38-26-28-51-47-18-6-4-14-43(47)45-16-8-10-20-49(45)53(51)33-38/h1-34H. The maximum atomic E-state index is 2.40. The van der Waals surface area contributed by atoms with Crippen LogP contribution in [-0.2, 0) is 0 Å². The summed E-state index contributed by atoms with van der Waals surface area (Å²) in [6.45, 7) is 0. The Balaban J connectivity index is 1.04. The molecule has 0 aliphatic carbocycles. The van der Waals surface area contributed by atoms with Crippen LogP contribution in [0.3, 0.4) is 0 Å². The van der Waals surface area contributed by atoms with Crippen molar-refractivity contribution in [1.29, 1.82) is 0 Å². The largest absolute Gasteiger partial charge is 0.0622 e.